The van der Waals surface area contributed by atoms with E-state index in [-0.39, 0.29) is 6.61 Å². The van der Waals surface area contributed by atoms with Crippen molar-refractivity contribution in [3.63, 3.8) is 0 Å². The van der Waals surface area contributed by atoms with E-state index in [1.54, 1.807) is 33.6 Å². The molecule has 2 N–H and O–H groups in total. The van der Waals surface area contributed by atoms with Gasteiger partial charge in [-0.15, -0.1) is 0 Å². The molecule has 0 fully saturated rings. The van der Waals surface area contributed by atoms with Crippen LogP contribution in [0.4, 0.5) is 5.69 Å². The highest BCUT2D eigenvalue weighted by Gasteiger charge is 2.11. The molecule has 1 aromatic carbocycles. The van der Waals surface area contributed by atoms with E-state index in [1.165, 1.54) is 5.56 Å². The van der Waals surface area contributed by atoms with Crippen LogP contribution < -0.4 is 10.2 Å². The van der Waals surface area contributed by atoms with Gasteiger partial charge < -0.3 is 15.3 Å². The van der Waals surface area contributed by atoms with E-state index in [4.69, 9.17) is 0 Å². The van der Waals surface area contributed by atoms with Gasteiger partial charge in [0, 0.05) is 51.8 Å². The summed E-state index contributed by atoms with van der Waals surface area (Å²) in [5.41, 5.74) is 4.35. The van der Waals surface area contributed by atoms with Crippen molar-refractivity contribution >= 4 is 29.6 Å². The van der Waals surface area contributed by atoms with Crippen LogP contribution in [0.3, 0.4) is 0 Å². The Morgan fingerprint density at radius 3 is 2.50 bits per heavy atom. The van der Waals surface area contributed by atoms with Crippen molar-refractivity contribution in [1.82, 2.24) is 5.32 Å². The van der Waals surface area contributed by atoms with Crippen molar-refractivity contribution in [3.05, 3.63) is 35.4 Å². The van der Waals surface area contributed by atoms with Gasteiger partial charge in [-0.2, -0.15) is 0 Å². The van der Waals surface area contributed by atoms with Gasteiger partial charge in [0.05, 0.1) is 12.8 Å². The van der Waals surface area contributed by atoms with E-state index < -0.39 is 0 Å². The van der Waals surface area contributed by atoms with E-state index in [0.29, 0.717) is 12.4 Å². The van der Waals surface area contributed by atoms with Crippen molar-refractivity contribution in [2.45, 2.75) is 20.3 Å². The quantitative estimate of drug-likeness (QED) is 0.527. The Bertz CT molecular complexity index is 677. The van der Waals surface area contributed by atoms with Gasteiger partial charge in [-0.1, -0.05) is 13.0 Å². The highest BCUT2D eigenvalue weighted by Crippen LogP contribution is 2.25. The zero-order chi connectivity index (χ0) is 19.4. The third-order valence-corrected chi connectivity index (χ3v) is 4.01. The second kappa shape index (κ2) is 12.0. The van der Waals surface area contributed by atoms with Crippen molar-refractivity contribution in [3.8, 4) is 0 Å². The van der Waals surface area contributed by atoms with Crippen LogP contribution in [0.1, 0.15) is 25.0 Å². The largest absolute Gasteiger partial charge is 0.395 e. The van der Waals surface area contributed by atoms with E-state index in [2.05, 4.69) is 57.2 Å². The van der Waals surface area contributed by atoms with Gasteiger partial charge in [-0.25, -0.2) is 0 Å². The minimum atomic E-state index is 0.144. The molecule has 0 amide bonds. The molecule has 6 nitrogen and oxygen atoms in total. The molecule has 6 heteroatoms. The summed E-state index contributed by atoms with van der Waals surface area (Å²) in [6, 6.07) is 6.36. The lowest BCUT2D eigenvalue weighted by Crippen LogP contribution is -2.27. The number of hydrogen-bond donors (Lipinski definition) is 2. The minimum Gasteiger partial charge on any atom is -0.395 e. The summed E-state index contributed by atoms with van der Waals surface area (Å²) in [6.07, 6.45) is 6.27. The number of amidine groups is 1. The molecule has 0 radical (unpaired) electrons. The van der Waals surface area contributed by atoms with E-state index >= 15 is 0 Å². The Kier molecular flexibility index (Phi) is 9.94. The predicted molar refractivity (Wildman–Crippen MR) is 114 cm³/mol. The van der Waals surface area contributed by atoms with Crippen LogP contribution in [-0.2, 0) is 6.42 Å². The third kappa shape index (κ3) is 6.11. The first-order valence-electron chi connectivity index (χ1n) is 8.92. The van der Waals surface area contributed by atoms with Crippen LogP contribution >= 0.6 is 0 Å². The molecule has 0 saturated carbocycles. The molecule has 0 bridgehead atoms. The van der Waals surface area contributed by atoms with Gasteiger partial charge in [0.25, 0.3) is 0 Å². The zero-order valence-electron chi connectivity index (χ0n) is 16.5. The summed E-state index contributed by atoms with van der Waals surface area (Å²) < 4.78 is 0. The Balaban J connectivity index is 3.31. The van der Waals surface area contributed by atoms with E-state index in [9.17, 15) is 5.11 Å². The molecule has 0 atom stereocenters. The van der Waals surface area contributed by atoms with E-state index in [0.717, 1.165) is 29.9 Å². The van der Waals surface area contributed by atoms with Crippen LogP contribution in [0.5, 0.6) is 0 Å². The third-order valence-electron chi connectivity index (χ3n) is 4.01. The SMILES string of the molecule is CCc1cc(/C(=C/C=NC)NC(C=NC)=NC)ccc1N(CC)CCO. The standard InChI is InChI=1S/C20H31N5O/c1-6-16-14-17(8-9-19(16)25(7-2)12-13-26)18(10-11-21-3)24-20(23-5)15-22-4/h8-11,14-15,26H,6-7,12-13H2,1-5H3,(H,23,24)/b18-10-,21-11?,22-15?. The average Bonchev–Trinajstić information content (AvgIpc) is 2.68. The van der Waals surface area contributed by atoms with Crippen LogP contribution in [0.25, 0.3) is 5.70 Å². The van der Waals surface area contributed by atoms with Gasteiger partial charge in [0.1, 0.15) is 5.84 Å². The molecule has 0 aliphatic carbocycles. The molecule has 0 saturated heterocycles. The summed E-state index contributed by atoms with van der Waals surface area (Å²) >= 11 is 0. The summed E-state index contributed by atoms with van der Waals surface area (Å²) in [6.45, 7) is 5.87. The van der Waals surface area contributed by atoms with Gasteiger partial charge in [0.15, 0.2) is 0 Å². The maximum atomic E-state index is 9.31. The molecule has 0 aromatic heterocycles. The molecule has 0 heterocycles. The molecule has 0 aliphatic heterocycles. The number of aliphatic imine (C=N–C) groups is 3. The van der Waals surface area contributed by atoms with Crippen molar-refractivity contribution < 1.29 is 5.11 Å². The fourth-order valence-electron chi connectivity index (χ4n) is 2.68. The highest BCUT2D eigenvalue weighted by molar-refractivity contribution is 6.31. The number of hydrogen-bond acceptors (Lipinski definition) is 5. The number of aryl methyl sites for hydroxylation is 1. The Labute approximate surface area is 157 Å². The molecule has 0 spiro atoms. The van der Waals surface area contributed by atoms with Gasteiger partial charge >= 0.3 is 0 Å². The molecule has 1 aromatic rings. The Hall–Kier alpha value is -2.47. The van der Waals surface area contributed by atoms with E-state index in [1.807, 2.05) is 6.08 Å². The topological polar surface area (TPSA) is 72.6 Å². The first kappa shape index (κ1) is 21.6. The van der Waals surface area contributed by atoms with Gasteiger partial charge in [-0.05, 0) is 42.7 Å². The summed E-state index contributed by atoms with van der Waals surface area (Å²) in [5.74, 6) is 0.681. The molecule has 1 rings (SSSR count). The van der Waals surface area contributed by atoms with Crippen molar-refractivity contribution in [1.29, 1.82) is 0 Å². The highest BCUT2D eigenvalue weighted by atomic mass is 16.3. The first-order valence-corrected chi connectivity index (χ1v) is 8.92. The molecule has 0 unspecified atom stereocenters. The number of likely N-dealkylation sites (N-methyl/N-ethyl adjacent to an activating group) is 1. The smallest absolute Gasteiger partial charge is 0.143 e. The summed E-state index contributed by atoms with van der Waals surface area (Å²) in [4.78, 5) is 14.5. The Morgan fingerprint density at radius 2 is 1.96 bits per heavy atom. The number of nitrogens with zero attached hydrogens (tertiary/aromatic N) is 4. The normalized spacial score (nSPS) is 13.0. The maximum absolute atomic E-state index is 9.31. The average molecular weight is 358 g/mol. The molecular weight excluding hydrogens is 326 g/mol. The Morgan fingerprint density at radius 1 is 1.19 bits per heavy atom. The van der Waals surface area contributed by atoms with Crippen LogP contribution in [-0.4, -0.2) is 64.2 Å². The number of allylic oxidation sites excluding steroid dienone is 1. The number of nitrogens with one attached hydrogen (secondary N) is 1. The monoisotopic (exact) mass is 357 g/mol. The lowest BCUT2D eigenvalue weighted by atomic mass is 10.0. The summed E-state index contributed by atoms with van der Waals surface area (Å²) in [7, 11) is 5.18. The first-order chi connectivity index (χ1) is 12.6. The lowest BCUT2D eigenvalue weighted by Gasteiger charge is -2.25. The molecule has 26 heavy (non-hydrogen) atoms. The van der Waals surface area contributed by atoms with Crippen LogP contribution in [0.15, 0.2) is 39.3 Å². The van der Waals surface area contributed by atoms with Crippen molar-refractivity contribution in [2.24, 2.45) is 15.0 Å². The fourth-order valence-corrected chi connectivity index (χ4v) is 2.68. The summed E-state index contributed by atoms with van der Waals surface area (Å²) in [5, 5.41) is 12.6. The second-order valence-corrected chi connectivity index (χ2v) is 5.61. The van der Waals surface area contributed by atoms with Crippen LogP contribution in [0.2, 0.25) is 0 Å². The van der Waals surface area contributed by atoms with Crippen LogP contribution in [0, 0.1) is 0 Å². The number of anilines is 1. The number of aliphatic hydroxyl groups is 1. The van der Waals surface area contributed by atoms with Gasteiger partial charge in [-0.3, -0.25) is 15.0 Å². The number of rotatable bonds is 9. The molecule has 0 aliphatic rings. The maximum Gasteiger partial charge on any atom is 0.143 e. The number of aliphatic hydroxyl groups excluding tert-OH is 1. The molecule has 142 valence electrons. The molecular formula is C20H31N5O. The minimum absolute atomic E-state index is 0.144. The zero-order valence-corrected chi connectivity index (χ0v) is 16.5. The van der Waals surface area contributed by atoms with Crippen molar-refractivity contribution in [2.75, 3.05) is 45.7 Å². The fraction of sp³-hybridized carbons (Fsp3) is 0.450. The lowest BCUT2D eigenvalue weighted by molar-refractivity contribution is 0.302. The number of benzene rings is 1. The predicted octanol–water partition coefficient (Wildman–Crippen LogP) is 2.43. The second-order valence-electron chi connectivity index (χ2n) is 5.61. The van der Waals surface area contributed by atoms with Gasteiger partial charge in [0.2, 0.25) is 0 Å².